The predicted octanol–water partition coefficient (Wildman–Crippen LogP) is 2.63. The second kappa shape index (κ2) is 8.41. The van der Waals surface area contributed by atoms with Gasteiger partial charge in [0.25, 0.3) is 0 Å². The quantitative estimate of drug-likeness (QED) is 0.671. The van der Waals surface area contributed by atoms with Gasteiger partial charge in [0.1, 0.15) is 6.10 Å². The largest absolute Gasteiger partial charge is 0.502 e. The third-order valence-electron chi connectivity index (χ3n) is 4.78. The molecule has 0 aliphatic carbocycles. The van der Waals surface area contributed by atoms with Crippen LogP contribution in [0.25, 0.3) is 6.08 Å². The molecule has 0 bridgehead atoms. The summed E-state index contributed by atoms with van der Waals surface area (Å²) in [6.07, 6.45) is 2.88. The summed E-state index contributed by atoms with van der Waals surface area (Å²) in [5.41, 5.74) is 2.32. The zero-order valence-electron chi connectivity index (χ0n) is 16.0. The second-order valence-electron chi connectivity index (χ2n) is 6.33. The number of hydrogen-bond acceptors (Lipinski definition) is 7. The van der Waals surface area contributed by atoms with Crippen LogP contribution in [-0.2, 0) is 0 Å². The molecule has 1 aliphatic heterocycles. The smallest absolute Gasteiger partial charge is 0.200 e. The van der Waals surface area contributed by atoms with Gasteiger partial charge in [-0.3, -0.25) is 0 Å². The van der Waals surface area contributed by atoms with Crippen molar-refractivity contribution in [2.24, 2.45) is 0 Å². The van der Waals surface area contributed by atoms with Crippen molar-refractivity contribution in [1.29, 1.82) is 0 Å². The number of aliphatic hydroxyl groups is 2. The van der Waals surface area contributed by atoms with E-state index >= 15 is 0 Å². The van der Waals surface area contributed by atoms with Crippen molar-refractivity contribution in [3.05, 3.63) is 47.0 Å². The van der Waals surface area contributed by atoms with E-state index < -0.39 is 6.10 Å². The van der Waals surface area contributed by atoms with Crippen molar-refractivity contribution in [2.45, 2.75) is 12.0 Å². The number of phenolic OH excluding ortho intramolecular Hbond substituents is 1. The molecule has 1 aliphatic rings. The van der Waals surface area contributed by atoms with E-state index in [0.29, 0.717) is 17.1 Å². The SMILES string of the molecule is COc1cc([C@@H]2Oc3c(OC)cc(/C=C/CO)cc3[C@H]2CO)cc(OC)c1O. The summed E-state index contributed by atoms with van der Waals surface area (Å²) >= 11 is 0. The number of aliphatic hydroxyl groups excluding tert-OH is 2. The molecule has 1 heterocycles. The minimum Gasteiger partial charge on any atom is -0.502 e. The van der Waals surface area contributed by atoms with Gasteiger partial charge in [0.05, 0.1) is 40.5 Å². The fourth-order valence-electron chi connectivity index (χ4n) is 3.43. The zero-order valence-corrected chi connectivity index (χ0v) is 16.0. The van der Waals surface area contributed by atoms with Crippen LogP contribution in [-0.4, -0.2) is 49.9 Å². The summed E-state index contributed by atoms with van der Waals surface area (Å²) in [7, 11) is 4.45. The summed E-state index contributed by atoms with van der Waals surface area (Å²) in [5.74, 6) is 1.14. The molecule has 2 atom stereocenters. The van der Waals surface area contributed by atoms with Gasteiger partial charge in [0.15, 0.2) is 23.0 Å². The highest BCUT2D eigenvalue weighted by atomic mass is 16.5. The Morgan fingerprint density at radius 3 is 2.14 bits per heavy atom. The number of phenols is 1. The molecule has 2 aromatic rings. The van der Waals surface area contributed by atoms with Crippen molar-refractivity contribution in [2.75, 3.05) is 34.5 Å². The lowest BCUT2D eigenvalue weighted by Gasteiger charge is -2.20. The first-order chi connectivity index (χ1) is 13.6. The molecular weight excluding hydrogens is 364 g/mol. The summed E-state index contributed by atoms with van der Waals surface area (Å²) in [6.45, 7) is -0.228. The number of aromatic hydroxyl groups is 1. The summed E-state index contributed by atoms with van der Waals surface area (Å²) in [4.78, 5) is 0. The standard InChI is InChI=1S/C21H24O7/c1-25-16-9-13(10-17(26-2)19(16)24)20-15(11-23)14-7-12(5-4-6-22)8-18(27-3)21(14)28-20/h4-5,7-10,15,20,22-24H,6,11H2,1-3H3/b5-4+/t15-,20+/m1/s1. The van der Waals surface area contributed by atoms with Crippen molar-refractivity contribution >= 4 is 6.08 Å². The molecule has 0 spiro atoms. The maximum atomic E-state index is 10.2. The van der Waals surface area contributed by atoms with E-state index in [2.05, 4.69) is 0 Å². The first-order valence-electron chi connectivity index (χ1n) is 8.79. The number of benzene rings is 2. The Bertz CT molecular complexity index is 850. The van der Waals surface area contributed by atoms with Gasteiger partial charge < -0.3 is 34.3 Å². The van der Waals surface area contributed by atoms with Crippen LogP contribution >= 0.6 is 0 Å². The van der Waals surface area contributed by atoms with Crippen LogP contribution in [0.2, 0.25) is 0 Å². The average Bonchev–Trinajstić information content (AvgIpc) is 3.10. The molecule has 0 aromatic heterocycles. The highest BCUT2D eigenvalue weighted by Crippen LogP contribution is 2.52. The summed E-state index contributed by atoms with van der Waals surface area (Å²) in [5, 5.41) is 29.3. The average molecular weight is 388 g/mol. The fourth-order valence-corrected chi connectivity index (χ4v) is 3.43. The van der Waals surface area contributed by atoms with E-state index in [1.54, 1.807) is 37.5 Å². The Hall–Kier alpha value is -2.90. The molecule has 0 fully saturated rings. The molecule has 0 radical (unpaired) electrons. The number of fused-ring (bicyclic) bond motifs is 1. The first kappa shape index (κ1) is 19.9. The molecule has 3 N–H and O–H groups in total. The first-order valence-corrected chi connectivity index (χ1v) is 8.79. The van der Waals surface area contributed by atoms with Crippen LogP contribution in [0.4, 0.5) is 0 Å². The molecule has 28 heavy (non-hydrogen) atoms. The normalized spacial score (nSPS) is 18.0. The van der Waals surface area contributed by atoms with Crippen molar-refractivity contribution in [1.82, 2.24) is 0 Å². The molecule has 0 saturated carbocycles. The number of methoxy groups -OCH3 is 3. The predicted molar refractivity (Wildman–Crippen MR) is 104 cm³/mol. The van der Waals surface area contributed by atoms with Gasteiger partial charge in [-0.05, 0) is 29.8 Å². The molecular formula is C21H24O7. The molecule has 7 nitrogen and oxygen atoms in total. The highest BCUT2D eigenvalue weighted by Gasteiger charge is 2.38. The van der Waals surface area contributed by atoms with Gasteiger partial charge in [-0.15, -0.1) is 0 Å². The third kappa shape index (κ3) is 3.46. The van der Waals surface area contributed by atoms with Crippen LogP contribution in [0.1, 0.15) is 28.7 Å². The lowest BCUT2D eigenvalue weighted by molar-refractivity contribution is 0.156. The van der Waals surface area contributed by atoms with E-state index in [1.165, 1.54) is 14.2 Å². The van der Waals surface area contributed by atoms with E-state index in [1.807, 2.05) is 6.07 Å². The van der Waals surface area contributed by atoms with Gasteiger partial charge in [-0.25, -0.2) is 0 Å². The van der Waals surface area contributed by atoms with Crippen molar-refractivity contribution in [3.63, 3.8) is 0 Å². The lowest BCUT2D eigenvalue weighted by atomic mass is 9.90. The number of hydrogen-bond donors (Lipinski definition) is 3. The zero-order chi connectivity index (χ0) is 20.3. The van der Waals surface area contributed by atoms with Crippen molar-refractivity contribution < 1.29 is 34.3 Å². The Labute approximate surface area is 163 Å². The minimum absolute atomic E-state index is 0.0744. The molecule has 7 heteroatoms. The van der Waals surface area contributed by atoms with Gasteiger partial charge >= 0.3 is 0 Å². The summed E-state index contributed by atoms with van der Waals surface area (Å²) < 4.78 is 22.1. The molecule has 0 saturated heterocycles. The summed E-state index contributed by atoms with van der Waals surface area (Å²) in [6, 6.07) is 7.03. The monoisotopic (exact) mass is 388 g/mol. The van der Waals surface area contributed by atoms with Gasteiger partial charge in [0.2, 0.25) is 5.75 Å². The van der Waals surface area contributed by atoms with Crippen LogP contribution in [0.3, 0.4) is 0 Å². The molecule has 0 amide bonds. The molecule has 3 rings (SSSR count). The Kier molecular flexibility index (Phi) is 5.96. The second-order valence-corrected chi connectivity index (χ2v) is 6.33. The van der Waals surface area contributed by atoms with Crippen LogP contribution in [0, 0.1) is 0 Å². The lowest BCUT2D eigenvalue weighted by Crippen LogP contribution is -2.13. The molecule has 2 aromatic carbocycles. The maximum Gasteiger partial charge on any atom is 0.200 e. The van der Waals surface area contributed by atoms with Crippen LogP contribution < -0.4 is 18.9 Å². The number of ether oxygens (including phenoxy) is 4. The molecule has 150 valence electrons. The third-order valence-corrected chi connectivity index (χ3v) is 4.78. The van der Waals surface area contributed by atoms with E-state index in [0.717, 1.165) is 11.1 Å². The fraction of sp³-hybridized carbons (Fsp3) is 0.333. The van der Waals surface area contributed by atoms with E-state index in [9.17, 15) is 10.2 Å². The van der Waals surface area contributed by atoms with Gasteiger partial charge in [-0.1, -0.05) is 12.2 Å². The topological polar surface area (TPSA) is 97.6 Å². The maximum absolute atomic E-state index is 10.2. The van der Waals surface area contributed by atoms with E-state index in [4.69, 9.17) is 24.1 Å². The van der Waals surface area contributed by atoms with Crippen LogP contribution in [0.15, 0.2) is 30.3 Å². The van der Waals surface area contributed by atoms with E-state index in [-0.39, 0.29) is 36.4 Å². The Morgan fingerprint density at radius 1 is 0.964 bits per heavy atom. The minimum atomic E-state index is -0.519. The Balaban J connectivity index is 2.09. The van der Waals surface area contributed by atoms with Crippen LogP contribution in [0.5, 0.6) is 28.7 Å². The van der Waals surface area contributed by atoms with Gasteiger partial charge in [0, 0.05) is 11.1 Å². The van der Waals surface area contributed by atoms with Crippen molar-refractivity contribution in [3.8, 4) is 28.7 Å². The number of rotatable bonds is 7. The Morgan fingerprint density at radius 2 is 1.61 bits per heavy atom. The van der Waals surface area contributed by atoms with Gasteiger partial charge in [-0.2, -0.15) is 0 Å². The molecule has 0 unspecified atom stereocenters. The highest BCUT2D eigenvalue weighted by molar-refractivity contribution is 5.63.